The summed E-state index contributed by atoms with van der Waals surface area (Å²) in [5.74, 6) is -1.25. The summed E-state index contributed by atoms with van der Waals surface area (Å²) in [7, 11) is -3.76. The molecule has 2 aliphatic rings. The number of carbonyl (C=O) groups excluding carboxylic acids is 1. The van der Waals surface area contributed by atoms with Crippen LogP contribution in [-0.2, 0) is 14.6 Å². The average molecular weight is 289 g/mol. The van der Waals surface area contributed by atoms with Crippen molar-refractivity contribution in [2.45, 2.75) is 36.2 Å². The largest absolute Gasteiger partial charge is 0.286 e. The normalized spacial score (nSPS) is 29.1. The van der Waals surface area contributed by atoms with Gasteiger partial charge in [0.1, 0.15) is 11.1 Å². The second-order valence-electron chi connectivity index (χ2n) is 4.76. The summed E-state index contributed by atoms with van der Waals surface area (Å²) >= 11 is 0. The molecule has 5 nitrogen and oxygen atoms in total. The molecule has 0 aromatic rings. The molecule has 0 aromatic carbocycles. The highest BCUT2D eigenvalue weighted by Crippen LogP contribution is 2.26. The van der Waals surface area contributed by atoms with Crippen LogP contribution in [0.2, 0.25) is 0 Å². The fourth-order valence-electron chi connectivity index (χ4n) is 2.33. The highest BCUT2D eigenvalue weighted by Gasteiger charge is 2.40. The third-order valence-corrected chi connectivity index (χ3v) is 5.87. The van der Waals surface area contributed by atoms with Crippen LogP contribution in [-0.4, -0.2) is 41.6 Å². The predicted octanol–water partition coefficient (Wildman–Crippen LogP) is 1.35. The molecular weight excluding hydrogens is 273 g/mol. The first kappa shape index (κ1) is 14.2. The van der Waals surface area contributed by atoms with E-state index in [0.29, 0.717) is 17.9 Å². The monoisotopic (exact) mass is 289 g/mol. The molecule has 2 unspecified atom stereocenters. The maximum atomic E-state index is 12.9. The highest BCUT2D eigenvalue weighted by atomic mass is 32.2. The van der Waals surface area contributed by atoms with Crippen molar-refractivity contribution in [2.75, 3.05) is 6.54 Å². The summed E-state index contributed by atoms with van der Waals surface area (Å²) in [6.45, 7) is 0.153. The minimum atomic E-state index is -3.76. The van der Waals surface area contributed by atoms with Crippen molar-refractivity contribution in [3.05, 3.63) is 24.1 Å². The van der Waals surface area contributed by atoms with Gasteiger partial charge in [0, 0.05) is 6.54 Å². The molecule has 106 valence electrons. The van der Waals surface area contributed by atoms with E-state index in [0.717, 1.165) is 6.08 Å². The number of hydroxylamine groups is 2. The van der Waals surface area contributed by atoms with Gasteiger partial charge in [0.25, 0.3) is 5.91 Å². The van der Waals surface area contributed by atoms with Crippen LogP contribution in [0.3, 0.4) is 0 Å². The van der Waals surface area contributed by atoms with Gasteiger partial charge in [0.05, 0.1) is 5.25 Å². The lowest BCUT2D eigenvalue weighted by Gasteiger charge is -2.23. The van der Waals surface area contributed by atoms with Crippen LogP contribution in [0.1, 0.15) is 25.7 Å². The Morgan fingerprint density at radius 3 is 2.74 bits per heavy atom. The second kappa shape index (κ2) is 5.42. The van der Waals surface area contributed by atoms with Crippen molar-refractivity contribution in [1.82, 2.24) is 5.06 Å². The van der Waals surface area contributed by atoms with Crippen LogP contribution >= 0.6 is 0 Å². The van der Waals surface area contributed by atoms with E-state index in [1.807, 2.05) is 0 Å². The van der Waals surface area contributed by atoms with Gasteiger partial charge in [-0.3, -0.25) is 10.0 Å². The smallest absolute Gasteiger partial charge is 0.264 e. The SMILES string of the molecule is O=C1C(S(=O)(=O)C2C=CC(F)=CC2)CCCCN1O. The molecule has 1 amide bonds. The van der Waals surface area contributed by atoms with Gasteiger partial charge in [0.2, 0.25) is 0 Å². The van der Waals surface area contributed by atoms with Crippen molar-refractivity contribution in [3.63, 3.8) is 0 Å². The Bertz CT molecular complexity index is 526. The quantitative estimate of drug-likeness (QED) is 0.779. The van der Waals surface area contributed by atoms with E-state index >= 15 is 0 Å². The van der Waals surface area contributed by atoms with Crippen molar-refractivity contribution in [1.29, 1.82) is 0 Å². The fraction of sp³-hybridized carbons (Fsp3) is 0.583. The molecular formula is C12H16FNO4S. The molecule has 19 heavy (non-hydrogen) atoms. The standard InChI is InChI=1S/C12H16FNO4S/c13-9-4-6-10(7-5-9)19(17,18)11-3-1-2-8-14(16)12(11)15/h4-6,10-11,16H,1-3,7-8H2. The number of sulfone groups is 1. The van der Waals surface area contributed by atoms with Crippen molar-refractivity contribution in [3.8, 4) is 0 Å². The van der Waals surface area contributed by atoms with Crippen LogP contribution in [0.15, 0.2) is 24.1 Å². The van der Waals surface area contributed by atoms with Crippen molar-refractivity contribution >= 4 is 15.7 Å². The van der Waals surface area contributed by atoms with Crippen LogP contribution in [0.4, 0.5) is 4.39 Å². The van der Waals surface area contributed by atoms with Gasteiger partial charge in [0.15, 0.2) is 9.84 Å². The van der Waals surface area contributed by atoms with Crippen molar-refractivity contribution in [2.24, 2.45) is 0 Å². The molecule has 1 aliphatic heterocycles. The Morgan fingerprint density at radius 1 is 1.37 bits per heavy atom. The van der Waals surface area contributed by atoms with E-state index in [1.54, 1.807) is 0 Å². The topological polar surface area (TPSA) is 74.7 Å². The summed E-state index contributed by atoms with van der Waals surface area (Å²) < 4.78 is 37.6. The van der Waals surface area contributed by atoms with E-state index in [4.69, 9.17) is 0 Å². The predicted molar refractivity (Wildman–Crippen MR) is 66.8 cm³/mol. The minimum Gasteiger partial charge on any atom is -0.286 e. The number of carbonyl (C=O) groups is 1. The molecule has 7 heteroatoms. The zero-order valence-electron chi connectivity index (χ0n) is 10.3. The lowest BCUT2D eigenvalue weighted by molar-refractivity contribution is -0.163. The Labute approximate surface area is 111 Å². The van der Waals surface area contributed by atoms with Crippen LogP contribution in [0, 0.1) is 0 Å². The summed E-state index contributed by atoms with van der Waals surface area (Å²) in [6.07, 6.45) is 4.93. The molecule has 1 heterocycles. The Kier molecular flexibility index (Phi) is 4.05. The summed E-state index contributed by atoms with van der Waals surface area (Å²) in [4.78, 5) is 11.9. The zero-order chi connectivity index (χ0) is 14.0. The molecule has 2 rings (SSSR count). The van der Waals surface area contributed by atoms with E-state index in [9.17, 15) is 22.8 Å². The molecule has 1 N–H and O–H groups in total. The molecule has 0 bridgehead atoms. The third kappa shape index (κ3) is 2.87. The maximum absolute atomic E-state index is 12.9. The molecule has 0 spiro atoms. The van der Waals surface area contributed by atoms with E-state index in [-0.39, 0.29) is 19.4 Å². The Morgan fingerprint density at radius 2 is 2.11 bits per heavy atom. The van der Waals surface area contributed by atoms with Gasteiger partial charge in [-0.1, -0.05) is 6.08 Å². The van der Waals surface area contributed by atoms with E-state index in [1.165, 1.54) is 12.2 Å². The number of rotatable bonds is 2. The minimum absolute atomic E-state index is 0.0277. The van der Waals surface area contributed by atoms with Crippen molar-refractivity contribution < 1.29 is 22.8 Å². The first-order valence-electron chi connectivity index (χ1n) is 6.20. The Hall–Kier alpha value is -1.21. The molecule has 0 saturated carbocycles. The van der Waals surface area contributed by atoms with E-state index < -0.39 is 32.1 Å². The molecule has 1 saturated heterocycles. The van der Waals surface area contributed by atoms with Crippen LogP contribution in [0.5, 0.6) is 0 Å². The molecule has 1 aliphatic carbocycles. The van der Waals surface area contributed by atoms with Gasteiger partial charge >= 0.3 is 0 Å². The number of amides is 1. The van der Waals surface area contributed by atoms with E-state index in [2.05, 4.69) is 0 Å². The number of hydrogen-bond donors (Lipinski definition) is 1. The number of halogens is 1. The summed E-state index contributed by atoms with van der Waals surface area (Å²) in [5, 5.41) is 7.82. The second-order valence-corrected chi connectivity index (χ2v) is 7.11. The highest BCUT2D eigenvalue weighted by molar-refractivity contribution is 7.93. The van der Waals surface area contributed by atoms with Gasteiger partial charge in [-0.25, -0.2) is 17.9 Å². The lowest BCUT2D eigenvalue weighted by atomic mass is 10.2. The maximum Gasteiger partial charge on any atom is 0.264 e. The first-order valence-corrected chi connectivity index (χ1v) is 7.80. The van der Waals surface area contributed by atoms with Crippen LogP contribution < -0.4 is 0 Å². The number of allylic oxidation sites excluding steroid dienone is 3. The summed E-state index contributed by atoms with van der Waals surface area (Å²) in [5.41, 5.74) is 0. The van der Waals surface area contributed by atoms with Gasteiger partial charge in [-0.2, -0.15) is 0 Å². The first-order chi connectivity index (χ1) is 8.93. The number of nitrogens with zero attached hydrogens (tertiary/aromatic N) is 1. The molecule has 2 atom stereocenters. The number of hydrogen-bond acceptors (Lipinski definition) is 4. The van der Waals surface area contributed by atoms with Gasteiger partial charge in [-0.15, -0.1) is 0 Å². The zero-order valence-corrected chi connectivity index (χ0v) is 11.1. The third-order valence-electron chi connectivity index (χ3n) is 3.45. The summed E-state index contributed by atoms with van der Waals surface area (Å²) in [6, 6.07) is 0. The fourth-order valence-corrected chi connectivity index (χ4v) is 4.31. The van der Waals surface area contributed by atoms with Crippen LogP contribution in [0.25, 0.3) is 0 Å². The Balaban J connectivity index is 2.23. The molecule has 1 fully saturated rings. The average Bonchev–Trinajstić information content (AvgIpc) is 2.53. The van der Waals surface area contributed by atoms with Gasteiger partial charge < -0.3 is 0 Å². The lowest BCUT2D eigenvalue weighted by Crippen LogP contribution is -2.43. The van der Waals surface area contributed by atoms with Gasteiger partial charge in [-0.05, 0) is 37.8 Å². The molecule has 0 radical (unpaired) electrons. The molecule has 0 aromatic heterocycles.